The second kappa shape index (κ2) is 5.48. The van der Waals surface area contributed by atoms with Crippen molar-refractivity contribution in [2.24, 2.45) is 0 Å². The topological polar surface area (TPSA) is 54.9 Å². The van der Waals surface area contributed by atoms with Gasteiger partial charge in [-0.05, 0) is 53.9 Å². The van der Waals surface area contributed by atoms with E-state index in [0.717, 1.165) is 27.0 Å². The lowest BCUT2D eigenvalue weighted by Gasteiger charge is -2.11. The number of carbonyl (C=O) groups excluding carboxylic acids is 1. The zero-order valence-electron chi connectivity index (χ0n) is 11.0. The Hall–Kier alpha value is -1.75. The number of hydrogen-bond donors (Lipinski definition) is 1. The van der Waals surface area contributed by atoms with Crippen molar-refractivity contribution in [2.75, 3.05) is 5.32 Å². The predicted molar refractivity (Wildman–Crippen MR) is 78.3 cm³/mol. The average Bonchev–Trinajstić information content (AvgIpc) is 2.34. The van der Waals surface area contributed by atoms with E-state index in [9.17, 15) is 4.79 Å². The molecule has 0 aliphatic heterocycles. The fourth-order valence-electron chi connectivity index (χ4n) is 1.76. The van der Waals surface area contributed by atoms with Crippen LogP contribution in [0.2, 0.25) is 0 Å². The van der Waals surface area contributed by atoms with E-state index in [1.54, 1.807) is 6.20 Å². The number of hydrogen-bond acceptors (Lipinski definition) is 3. The van der Waals surface area contributed by atoms with Gasteiger partial charge in [0.25, 0.3) is 5.91 Å². The van der Waals surface area contributed by atoms with Gasteiger partial charge < -0.3 is 5.32 Å². The highest BCUT2D eigenvalue weighted by Gasteiger charge is 2.12. The quantitative estimate of drug-likeness (QED) is 0.922. The normalized spacial score (nSPS) is 10.3. The average molecular weight is 320 g/mol. The minimum atomic E-state index is -0.264. The Labute approximate surface area is 120 Å². The number of nitrogens with zero attached hydrogens (tertiary/aromatic N) is 2. The van der Waals surface area contributed by atoms with Gasteiger partial charge in [-0.2, -0.15) is 0 Å². The third-order valence-corrected chi connectivity index (χ3v) is 3.31. The van der Waals surface area contributed by atoms with Crippen molar-refractivity contribution in [2.45, 2.75) is 20.8 Å². The first-order valence-electron chi connectivity index (χ1n) is 5.84. The van der Waals surface area contributed by atoms with Gasteiger partial charge in [-0.1, -0.05) is 6.07 Å². The van der Waals surface area contributed by atoms with E-state index in [1.165, 1.54) is 6.20 Å². The van der Waals surface area contributed by atoms with Crippen LogP contribution < -0.4 is 5.32 Å². The molecule has 0 radical (unpaired) electrons. The Balaban J connectivity index is 2.26. The number of nitrogens with one attached hydrogen (secondary N) is 1. The van der Waals surface area contributed by atoms with Crippen LogP contribution in [0.1, 0.15) is 27.3 Å². The largest absolute Gasteiger partial charge is 0.319 e. The van der Waals surface area contributed by atoms with Crippen molar-refractivity contribution < 1.29 is 4.79 Å². The van der Waals surface area contributed by atoms with Gasteiger partial charge in [-0.25, -0.2) is 4.98 Å². The molecule has 2 rings (SSSR count). The van der Waals surface area contributed by atoms with Gasteiger partial charge in [0.05, 0.1) is 17.6 Å². The highest BCUT2D eigenvalue weighted by molar-refractivity contribution is 9.10. The van der Waals surface area contributed by atoms with Crippen molar-refractivity contribution >= 4 is 27.5 Å². The molecular weight excluding hydrogens is 306 g/mol. The monoisotopic (exact) mass is 319 g/mol. The first-order valence-corrected chi connectivity index (χ1v) is 6.63. The summed E-state index contributed by atoms with van der Waals surface area (Å²) in [4.78, 5) is 20.2. The smallest absolute Gasteiger partial charge is 0.275 e. The summed E-state index contributed by atoms with van der Waals surface area (Å²) in [5.41, 5.74) is 3.98. The Morgan fingerprint density at radius 2 is 1.89 bits per heavy atom. The van der Waals surface area contributed by atoms with Crippen LogP contribution >= 0.6 is 15.9 Å². The van der Waals surface area contributed by atoms with E-state index in [1.807, 2.05) is 32.9 Å². The molecule has 0 aliphatic carbocycles. The van der Waals surface area contributed by atoms with Crippen LogP contribution in [0.3, 0.4) is 0 Å². The summed E-state index contributed by atoms with van der Waals surface area (Å²) in [6, 6.07) is 3.98. The van der Waals surface area contributed by atoms with Gasteiger partial charge in [0, 0.05) is 10.7 Å². The molecule has 1 N–H and O–H groups in total. The third kappa shape index (κ3) is 3.17. The fraction of sp³-hybridized carbons (Fsp3) is 0.214. The molecule has 1 aromatic heterocycles. The van der Waals surface area contributed by atoms with Crippen LogP contribution in [0.25, 0.3) is 0 Å². The molecule has 0 atom stereocenters. The molecule has 4 nitrogen and oxygen atoms in total. The van der Waals surface area contributed by atoms with Crippen molar-refractivity contribution in [3.63, 3.8) is 0 Å². The first-order chi connectivity index (χ1) is 8.97. The molecule has 0 bridgehead atoms. The van der Waals surface area contributed by atoms with Crippen molar-refractivity contribution in [1.29, 1.82) is 0 Å². The van der Waals surface area contributed by atoms with E-state index in [-0.39, 0.29) is 5.91 Å². The van der Waals surface area contributed by atoms with Crippen LogP contribution in [-0.2, 0) is 0 Å². The Kier molecular flexibility index (Phi) is 3.95. The molecule has 19 heavy (non-hydrogen) atoms. The molecule has 5 heteroatoms. The summed E-state index contributed by atoms with van der Waals surface area (Å²) in [6.45, 7) is 5.79. The third-order valence-electron chi connectivity index (χ3n) is 2.68. The molecule has 0 fully saturated rings. The van der Waals surface area contributed by atoms with E-state index in [2.05, 4.69) is 31.2 Å². The molecule has 0 spiro atoms. The summed E-state index contributed by atoms with van der Waals surface area (Å²) in [5.74, 6) is -0.264. The van der Waals surface area contributed by atoms with Crippen LogP contribution in [0.4, 0.5) is 5.69 Å². The molecule has 1 aromatic carbocycles. The Bertz CT molecular complexity index is 600. The van der Waals surface area contributed by atoms with Gasteiger partial charge >= 0.3 is 0 Å². The minimum absolute atomic E-state index is 0.264. The van der Waals surface area contributed by atoms with Crippen molar-refractivity contribution in [3.05, 3.63) is 51.5 Å². The predicted octanol–water partition coefficient (Wildman–Crippen LogP) is 3.42. The number of benzene rings is 1. The minimum Gasteiger partial charge on any atom is -0.319 e. The standard InChI is InChI=1S/C14H14BrN3O/c1-8-4-9(2)13(11(15)5-8)18-14(19)12-7-16-10(3)6-17-12/h4-7H,1-3H3,(H,18,19). The fourth-order valence-corrected chi connectivity index (χ4v) is 2.53. The number of rotatable bonds is 2. The number of aromatic nitrogens is 2. The summed E-state index contributed by atoms with van der Waals surface area (Å²) < 4.78 is 0.860. The van der Waals surface area contributed by atoms with Crippen LogP contribution in [-0.4, -0.2) is 15.9 Å². The van der Waals surface area contributed by atoms with E-state index >= 15 is 0 Å². The summed E-state index contributed by atoms with van der Waals surface area (Å²) >= 11 is 3.46. The van der Waals surface area contributed by atoms with Gasteiger partial charge in [-0.15, -0.1) is 0 Å². The molecule has 0 aliphatic rings. The van der Waals surface area contributed by atoms with Crippen molar-refractivity contribution in [3.8, 4) is 0 Å². The number of carbonyl (C=O) groups is 1. The number of anilines is 1. The number of amides is 1. The molecule has 0 saturated carbocycles. The number of halogens is 1. The molecule has 0 unspecified atom stereocenters. The SMILES string of the molecule is Cc1cc(C)c(NC(=O)c2cnc(C)cn2)c(Br)c1. The first kappa shape index (κ1) is 13.7. The lowest BCUT2D eigenvalue weighted by molar-refractivity contribution is 0.102. The van der Waals surface area contributed by atoms with Gasteiger partial charge in [-0.3, -0.25) is 9.78 Å². The van der Waals surface area contributed by atoms with Crippen LogP contribution in [0.5, 0.6) is 0 Å². The maximum atomic E-state index is 12.1. The maximum Gasteiger partial charge on any atom is 0.275 e. The number of aryl methyl sites for hydroxylation is 3. The molecule has 1 heterocycles. The van der Waals surface area contributed by atoms with Crippen LogP contribution in [0, 0.1) is 20.8 Å². The second-order valence-electron chi connectivity index (χ2n) is 4.44. The summed E-state index contributed by atoms with van der Waals surface area (Å²) in [7, 11) is 0. The molecule has 98 valence electrons. The van der Waals surface area contributed by atoms with E-state index in [4.69, 9.17) is 0 Å². The molecule has 0 saturated heterocycles. The van der Waals surface area contributed by atoms with Crippen LogP contribution in [0.15, 0.2) is 29.0 Å². The zero-order chi connectivity index (χ0) is 14.0. The van der Waals surface area contributed by atoms with E-state index in [0.29, 0.717) is 5.69 Å². The molecule has 2 aromatic rings. The highest BCUT2D eigenvalue weighted by atomic mass is 79.9. The maximum absolute atomic E-state index is 12.1. The zero-order valence-corrected chi connectivity index (χ0v) is 12.6. The van der Waals surface area contributed by atoms with Gasteiger partial charge in [0.2, 0.25) is 0 Å². The highest BCUT2D eigenvalue weighted by Crippen LogP contribution is 2.28. The lowest BCUT2D eigenvalue weighted by Crippen LogP contribution is -2.15. The van der Waals surface area contributed by atoms with Gasteiger partial charge in [0.1, 0.15) is 5.69 Å². The van der Waals surface area contributed by atoms with E-state index < -0.39 is 0 Å². The second-order valence-corrected chi connectivity index (χ2v) is 5.29. The Morgan fingerprint density at radius 1 is 1.16 bits per heavy atom. The molecule has 1 amide bonds. The summed E-state index contributed by atoms with van der Waals surface area (Å²) in [5, 5.41) is 2.85. The lowest BCUT2D eigenvalue weighted by atomic mass is 10.1. The Morgan fingerprint density at radius 3 is 2.47 bits per heavy atom. The van der Waals surface area contributed by atoms with Crippen molar-refractivity contribution in [1.82, 2.24) is 9.97 Å². The summed E-state index contributed by atoms with van der Waals surface area (Å²) in [6.07, 6.45) is 3.05. The molecular formula is C14H14BrN3O. The van der Waals surface area contributed by atoms with Gasteiger partial charge in [0.15, 0.2) is 0 Å².